The second kappa shape index (κ2) is 9.55. The lowest BCUT2D eigenvalue weighted by molar-refractivity contribution is 0.0659. The first kappa shape index (κ1) is 24.5. The predicted molar refractivity (Wildman–Crippen MR) is 134 cm³/mol. The van der Waals surface area contributed by atoms with E-state index >= 15 is 0 Å². The van der Waals surface area contributed by atoms with E-state index in [1.807, 2.05) is 51.1 Å². The van der Waals surface area contributed by atoms with E-state index in [2.05, 4.69) is 13.8 Å². The fraction of sp³-hybridized carbons (Fsp3) is 0.444. The summed E-state index contributed by atoms with van der Waals surface area (Å²) in [7, 11) is -3.62. The fourth-order valence-corrected chi connectivity index (χ4v) is 6.62. The lowest BCUT2D eigenvalue weighted by Crippen LogP contribution is -2.42. The Balaban J connectivity index is 1.67. The maximum Gasteiger partial charge on any atom is 0.290 e. The topological polar surface area (TPSA) is 70.8 Å². The van der Waals surface area contributed by atoms with E-state index < -0.39 is 10.0 Å². The molecule has 3 aromatic rings. The third kappa shape index (κ3) is 4.77. The number of piperidine rings is 1. The lowest BCUT2D eigenvalue weighted by atomic mass is 9.94. The smallest absolute Gasteiger partial charge is 0.290 e. The second-order valence-corrected chi connectivity index (χ2v) is 11.9. The van der Waals surface area contributed by atoms with Crippen LogP contribution in [-0.4, -0.2) is 42.7 Å². The van der Waals surface area contributed by atoms with E-state index in [-0.39, 0.29) is 22.6 Å². The maximum atomic E-state index is 13.5. The SMILES string of the molecule is Cc1c(C(=O)N(Cc2ccccc2)C(C)C)oc2ccc(S(=O)(=O)N3C[C@H](C)C[C@@H](C)C3)cc12. The van der Waals surface area contributed by atoms with Crippen molar-refractivity contribution in [2.75, 3.05) is 13.1 Å². The highest BCUT2D eigenvalue weighted by atomic mass is 32.2. The maximum absolute atomic E-state index is 13.5. The Kier molecular flexibility index (Phi) is 6.87. The van der Waals surface area contributed by atoms with Gasteiger partial charge in [-0.2, -0.15) is 4.31 Å². The molecular weight excluding hydrogens is 448 g/mol. The van der Waals surface area contributed by atoms with E-state index in [0.717, 1.165) is 12.0 Å². The van der Waals surface area contributed by atoms with Gasteiger partial charge in [-0.25, -0.2) is 8.42 Å². The van der Waals surface area contributed by atoms with Crippen molar-refractivity contribution in [1.82, 2.24) is 9.21 Å². The summed E-state index contributed by atoms with van der Waals surface area (Å²) in [6.07, 6.45) is 1.03. The Hall–Kier alpha value is -2.64. The van der Waals surface area contributed by atoms with Crippen LogP contribution in [0.5, 0.6) is 0 Å². The number of nitrogens with zero attached hydrogens (tertiary/aromatic N) is 2. The van der Waals surface area contributed by atoms with Crippen molar-refractivity contribution in [2.45, 2.75) is 58.5 Å². The molecule has 0 spiro atoms. The predicted octanol–water partition coefficient (Wildman–Crippen LogP) is 5.46. The van der Waals surface area contributed by atoms with Crippen LogP contribution in [0.4, 0.5) is 0 Å². The van der Waals surface area contributed by atoms with Crippen LogP contribution < -0.4 is 0 Å². The summed E-state index contributed by atoms with van der Waals surface area (Å²) in [5, 5.41) is 0.658. The first-order valence-corrected chi connectivity index (χ1v) is 13.4. The minimum Gasteiger partial charge on any atom is -0.451 e. The van der Waals surface area contributed by atoms with Crippen molar-refractivity contribution in [3.8, 4) is 0 Å². The van der Waals surface area contributed by atoms with Gasteiger partial charge in [-0.05, 0) is 62.8 Å². The Morgan fingerprint density at radius 3 is 2.35 bits per heavy atom. The van der Waals surface area contributed by atoms with Gasteiger partial charge in [0.2, 0.25) is 10.0 Å². The van der Waals surface area contributed by atoms with Crippen molar-refractivity contribution in [1.29, 1.82) is 0 Å². The minimum absolute atomic E-state index is 0.0284. The molecule has 1 amide bonds. The molecule has 0 unspecified atom stereocenters. The number of carbonyl (C=O) groups is 1. The minimum atomic E-state index is -3.62. The van der Waals surface area contributed by atoms with Crippen LogP contribution in [0.15, 0.2) is 57.8 Å². The lowest BCUT2D eigenvalue weighted by Gasteiger charge is -2.34. The molecule has 4 rings (SSSR count). The molecule has 0 radical (unpaired) electrons. The molecule has 1 aliphatic heterocycles. The van der Waals surface area contributed by atoms with Crippen LogP contribution in [0.25, 0.3) is 11.0 Å². The molecule has 0 saturated carbocycles. The van der Waals surface area contributed by atoms with Gasteiger partial charge in [-0.3, -0.25) is 4.79 Å². The number of aryl methyl sites for hydroxylation is 1. The van der Waals surface area contributed by atoms with Gasteiger partial charge in [0.05, 0.1) is 4.90 Å². The summed E-state index contributed by atoms with van der Waals surface area (Å²) in [5.41, 5.74) is 2.22. The molecule has 2 aromatic carbocycles. The van der Waals surface area contributed by atoms with E-state index in [4.69, 9.17) is 4.42 Å². The molecule has 2 atom stereocenters. The molecule has 0 bridgehead atoms. The zero-order chi connectivity index (χ0) is 24.6. The first-order chi connectivity index (χ1) is 16.1. The van der Waals surface area contributed by atoms with Crippen molar-refractivity contribution in [2.24, 2.45) is 11.8 Å². The van der Waals surface area contributed by atoms with Gasteiger partial charge in [-0.1, -0.05) is 44.2 Å². The van der Waals surface area contributed by atoms with Gasteiger partial charge >= 0.3 is 0 Å². The molecule has 34 heavy (non-hydrogen) atoms. The van der Waals surface area contributed by atoms with Crippen molar-refractivity contribution >= 4 is 26.9 Å². The van der Waals surface area contributed by atoms with Crippen LogP contribution >= 0.6 is 0 Å². The molecule has 7 heteroatoms. The molecule has 6 nitrogen and oxygen atoms in total. The van der Waals surface area contributed by atoms with Crippen molar-refractivity contribution < 1.29 is 17.6 Å². The van der Waals surface area contributed by atoms with E-state index in [1.54, 1.807) is 27.4 Å². The number of furan rings is 1. The van der Waals surface area contributed by atoms with Crippen LogP contribution in [0.1, 0.15) is 55.8 Å². The molecule has 2 heterocycles. The molecule has 1 aliphatic rings. The number of benzene rings is 2. The van der Waals surface area contributed by atoms with E-state index in [1.165, 1.54) is 0 Å². The van der Waals surface area contributed by atoms with E-state index in [9.17, 15) is 13.2 Å². The van der Waals surface area contributed by atoms with Crippen molar-refractivity contribution in [3.05, 3.63) is 65.4 Å². The van der Waals surface area contributed by atoms with Crippen LogP contribution in [0.2, 0.25) is 0 Å². The summed E-state index contributed by atoms with van der Waals surface area (Å²) in [6, 6.07) is 14.7. The summed E-state index contributed by atoms with van der Waals surface area (Å²) in [6.45, 7) is 11.5. The Labute approximate surface area is 202 Å². The van der Waals surface area contributed by atoms with Crippen molar-refractivity contribution in [3.63, 3.8) is 0 Å². The summed E-state index contributed by atoms with van der Waals surface area (Å²) >= 11 is 0. The van der Waals surface area contributed by atoms with E-state index in [0.29, 0.717) is 48.0 Å². The third-order valence-electron chi connectivity index (χ3n) is 6.65. The number of carbonyl (C=O) groups excluding carboxylic acids is 1. The standard InChI is InChI=1S/C27H34N2O4S/c1-18(2)29(17-22-9-7-6-8-10-22)27(30)26-21(5)24-14-23(11-12-25(24)33-26)34(31,32)28-15-19(3)13-20(4)16-28/h6-12,14,18-20H,13,15-17H2,1-5H3/t19-,20-/m1/s1. The first-order valence-electron chi connectivity index (χ1n) is 12.0. The van der Waals surface area contributed by atoms with Gasteiger partial charge in [-0.15, -0.1) is 0 Å². The Bertz CT molecular complexity index is 1270. The van der Waals surface area contributed by atoms with Gasteiger partial charge in [0, 0.05) is 36.6 Å². The number of fused-ring (bicyclic) bond motifs is 1. The highest BCUT2D eigenvalue weighted by molar-refractivity contribution is 7.89. The Morgan fingerprint density at radius 1 is 1.09 bits per heavy atom. The number of hydrogen-bond donors (Lipinski definition) is 0. The fourth-order valence-electron chi connectivity index (χ4n) is 4.91. The average molecular weight is 483 g/mol. The third-order valence-corrected chi connectivity index (χ3v) is 8.48. The van der Waals surface area contributed by atoms with Gasteiger partial charge in [0.25, 0.3) is 5.91 Å². The van der Waals surface area contributed by atoms with Crippen LogP contribution in [0, 0.1) is 18.8 Å². The van der Waals surface area contributed by atoms with Gasteiger partial charge < -0.3 is 9.32 Å². The Morgan fingerprint density at radius 2 is 1.74 bits per heavy atom. The molecule has 1 saturated heterocycles. The molecular formula is C27H34N2O4S. The largest absolute Gasteiger partial charge is 0.451 e. The molecule has 0 N–H and O–H groups in total. The quantitative estimate of drug-likeness (QED) is 0.468. The molecule has 0 aliphatic carbocycles. The zero-order valence-corrected chi connectivity index (χ0v) is 21.4. The number of rotatable bonds is 6. The summed E-state index contributed by atoms with van der Waals surface area (Å²) < 4.78 is 34.4. The number of sulfonamides is 1. The second-order valence-electron chi connectivity index (χ2n) is 9.99. The number of hydrogen-bond acceptors (Lipinski definition) is 4. The van der Waals surface area contributed by atoms with Gasteiger partial charge in [0.1, 0.15) is 5.58 Å². The highest BCUT2D eigenvalue weighted by Crippen LogP contribution is 2.32. The molecule has 182 valence electrons. The summed E-state index contributed by atoms with van der Waals surface area (Å²) in [4.78, 5) is 15.5. The van der Waals surface area contributed by atoms with Crippen LogP contribution in [-0.2, 0) is 16.6 Å². The van der Waals surface area contributed by atoms with Crippen LogP contribution in [0.3, 0.4) is 0 Å². The number of amides is 1. The molecule has 1 aromatic heterocycles. The summed E-state index contributed by atoms with van der Waals surface area (Å²) in [5.74, 6) is 0.715. The normalized spacial score (nSPS) is 19.6. The average Bonchev–Trinajstić information content (AvgIpc) is 3.13. The highest BCUT2D eigenvalue weighted by Gasteiger charge is 2.32. The van der Waals surface area contributed by atoms with Gasteiger partial charge in [0.15, 0.2) is 5.76 Å². The molecule has 1 fully saturated rings. The monoisotopic (exact) mass is 482 g/mol. The zero-order valence-electron chi connectivity index (χ0n) is 20.6.